The Kier molecular flexibility index (Phi) is 5.23. The smallest absolute Gasteiger partial charge is 0.262 e. The summed E-state index contributed by atoms with van der Waals surface area (Å²) in [5.74, 6) is -2.21. The molecule has 3 rings (SSSR count). The van der Waals surface area contributed by atoms with Crippen LogP contribution in [0.1, 0.15) is 5.56 Å². The first-order valence-corrected chi connectivity index (χ1v) is 8.73. The largest absolute Gasteiger partial charge is 0.365 e. The Morgan fingerprint density at radius 1 is 1.11 bits per heavy atom. The van der Waals surface area contributed by atoms with E-state index in [2.05, 4.69) is 0 Å². The molecule has 5 nitrogen and oxygen atoms in total. The molecule has 27 heavy (non-hydrogen) atoms. The van der Waals surface area contributed by atoms with Crippen LogP contribution in [0, 0.1) is 23.0 Å². The van der Waals surface area contributed by atoms with E-state index in [1.165, 1.54) is 41.3 Å². The maximum atomic E-state index is 13.2. The average Bonchev–Trinajstić information content (AvgIpc) is 2.94. The molecule has 1 aliphatic heterocycles. The van der Waals surface area contributed by atoms with Crippen molar-refractivity contribution < 1.29 is 18.4 Å². The zero-order chi connectivity index (χ0) is 19.6. The number of thioether (sulfide) groups is 1. The highest BCUT2D eigenvalue weighted by Gasteiger charge is 2.40. The topological polar surface area (TPSA) is 87.2 Å². The van der Waals surface area contributed by atoms with E-state index < -0.39 is 22.8 Å². The fourth-order valence-electron chi connectivity index (χ4n) is 2.66. The van der Waals surface area contributed by atoms with Gasteiger partial charge in [0.2, 0.25) is 5.91 Å². The molecule has 2 amide bonds. The van der Waals surface area contributed by atoms with Gasteiger partial charge in [-0.25, -0.2) is 8.78 Å². The van der Waals surface area contributed by atoms with Gasteiger partial charge in [-0.3, -0.25) is 14.5 Å². The number of amides is 2. The van der Waals surface area contributed by atoms with Crippen molar-refractivity contribution in [2.45, 2.75) is 11.7 Å². The van der Waals surface area contributed by atoms with Crippen LogP contribution in [0.15, 0.2) is 59.1 Å². The molecule has 0 unspecified atom stereocenters. The lowest BCUT2D eigenvalue weighted by Crippen LogP contribution is -2.31. The number of nitrogens with two attached hydrogens (primary N) is 1. The molecule has 2 aromatic rings. The molecule has 2 N–H and O–H groups in total. The third-order valence-electron chi connectivity index (χ3n) is 3.94. The molecule has 0 bridgehead atoms. The van der Waals surface area contributed by atoms with Crippen LogP contribution in [0.5, 0.6) is 0 Å². The van der Waals surface area contributed by atoms with Crippen molar-refractivity contribution in [2.24, 2.45) is 5.73 Å². The monoisotopic (exact) mass is 385 g/mol. The summed E-state index contributed by atoms with van der Waals surface area (Å²) < 4.78 is 26.3. The zero-order valence-corrected chi connectivity index (χ0v) is 14.7. The Labute approximate surface area is 158 Å². The Bertz CT molecular complexity index is 966. The van der Waals surface area contributed by atoms with Crippen molar-refractivity contribution in [3.63, 3.8) is 0 Å². The van der Waals surface area contributed by atoms with Gasteiger partial charge in [0.25, 0.3) is 5.91 Å². The quantitative estimate of drug-likeness (QED) is 0.648. The third-order valence-corrected chi connectivity index (χ3v) is 5.21. The van der Waals surface area contributed by atoms with Crippen LogP contribution >= 0.6 is 11.8 Å². The first-order valence-electron chi connectivity index (χ1n) is 7.85. The molecule has 2 aromatic carbocycles. The fourth-order valence-corrected chi connectivity index (χ4v) is 3.98. The van der Waals surface area contributed by atoms with Gasteiger partial charge in [0.1, 0.15) is 28.3 Å². The molecular formula is C19H13F2N3O2S. The van der Waals surface area contributed by atoms with Gasteiger partial charge in [0, 0.05) is 5.69 Å². The van der Waals surface area contributed by atoms with Crippen LogP contribution in [-0.2, 0) is 16.0 Å². The first-order chi connectivity index (χ1) is 12.9. The van der Waals surface area contributed by atoms with Crippen LogP contribution in [0.3, 0.4) is 0 Å². The van der Waals surface area contributed by atoms with Gasteiger partial charge in [0.05, 0.1) is 5.25 Å². The first kappa shape index (κ1) is 18.6. The van der Waals surface area contributed by atoms with E-state index in [9.17, 15) is 23.6 Å². The summed E-state index contributed by atoms with van der Waals surface area (Å²) in [6, 6.07) is 12.5. The number of carbonyl (C=O) groups excluding carboxylic acids is 2. The number of hydrogen-bond acceptors (Lipinski definition) is 4. The van der Waals surface area contributed by atoms with E-state index in [0.717, 1.165) is 17.3 Å². The van der Waals surface area contributed by atoms with E-state index >= 15 is 0 Å². The second-order valence-corrected chi connectivity index (χ2v) is 6.93. The summed E-state index contributed by atoms with van der Waals surface area (Å²) in [6.45, 7) is 0. The van der Waals surface area contributed by atoms with Gasteiger partial charge in [-0.1, -0.05) is 23.9 Å². The summed E-state index contributed by atoms with van der Waals surface area (Å²) in [5.41, 5.74) is 5.97. The molecule has 0 aromatic heterocycles. The molecule has 8 heteroatoms. The summed E-state index contributed by atoms with van der Waals surface area (Å²) in [4.78, 5) is 25.8. The molecule has 1 atom stereocenters. The molecule has 0 radical (unpaired) electrons. The number of rotatable bonds is 4. The summed E-state index contributed by atoms with van der Waals surface area (Å²) in [6.07, 6.45) is 0.266. The molecule has 1 heterocycles. The van der Waals surface area contributed by atoms with Crippen LogP contribution in [0.25, 0.3) is 0 Å². The number of primary amides is 1. The number of hydrogen-bond donors (Lipinski definition) is 1. The molecular weight excluding hydrogens is 372 g/mol. The lowest BCUT2D eigenvalue weighted by Gasteiger charge is -2.18. The van der Waals surface area contributed by atoms with Crippen LogP contribution in [0.4, 0.5) is 14.5 Å². The third kappa shape index (κ3) is 3.83. The van der Waals surface area contributed by atoms with E-state index in [-0.39, 0.29) is 22.9 Å². The summed E-state index contributed by atoms with van der Waals surface area (Å²) >= 11 is 1.03. The van der Waals surface area contributed by atoms with Gasteiger partial charge < -0.3 is 5.73 Å². The van der Waals surface area contributed by atoms with Gasteiger partial charge in [-0.15, -0.1) is 0 Å². The lowest BCUT2D eigenvalue weighted by atomic mass is 10.1. The van der Waals surface area contributed by atoms with Crippen molar-refractivity contribution >= 4 is 29.3 Å². The number of nitriles is 1. The van der Waals surface area contributed by atoms with E-state index in [1.807, 2.05) is 0 Å². The number of nitrogens with zero attached hydrogens (tertiary/aromatic N) is 2. The predicted molar refractivity (Wildman–Crippen MR) is 97.2 cm³/mol. The maximum Gasteiger partial charge on any atom is 0.262 e. The highest BCUT2D eigenvalue weighted by atomic mass is 32.2. The number of halogens is 2. The minimum atomic E-state index is -0.956. The Hall–Kier alpha value is -3.18. The van der Waals surface area contributed by atoms with Gasteiger partial charge in [-0.05, 0) is 48.4 Å². The van der Waals surface area contributed by atoms with Gasteiger partial charge in [0.15, 0.2) is 0 Å². The normalized spacial score (nSPS) is 18.3. The van der Waals surface area contributed by atoms with Gasteiger partial charge in [-0.2, -0.15) is 5.26 Å². The van der Waals surface area contributed by atoms with E-state index in [0.29, 0.717) is 5.69 Å². The van der Waals surface area contributed by atoms with E-state index in [4.69, 9.17) is 5.73 Å². The van der Waals surface area contributed by atoms with Crippen molar-refractivity contribution in [3.05, 3.63) is 76.3 Å². The molecule has 0 saturated carbocycles. The summed E-state index contributed by atoms with van der Waals surface area (Å²) in [7, 11) is 0. The Morgan fingerprint density at radius 3 is 2.19 bits per heavy atom. The van der Waals surface area contributed by atoms with Crippen molar-refractivity contribution in [1.29, 1.82) is 5.26 Å². The number of carbonyl (C=O) groups is 2. The predicted octanol–water partition coefficient (Wildman–Crippen LogP) is 2.88. The number of benzene rings is 2. The zero-order valence-electron chi connectivity index (χ0n) is 13.9. The molecule has 1 aliphatic rings. The number of anilines is 1. The van der Waals surface area contributed by atoms with E-state index in [1.54, 1.807) is 18.2 Å². The highest BCUT2D eigenvalue weighted by Crippen LogP contribution is 2.41. The minimum Gasteiger partial charge on any atom is -0.365 e. The second kappa shape index (κ2) is 7.60. The SMILES string of the molecule is N#C/C(C(N)=O)=C1\S[C@H](Cc2ccc(F)cc2)C(=O)N1c1ccc(F)cc1. The molecule has 1 saturated heterocycles. The average molecular weight is 385 g/mol. The van der Waals surface area contributed by atoms with Gasteiger partial charge >= 0.3 is 0 Å². The molecule has 0 aliphatic carbocycles. The van der Waals surface area contributed by atoms with Crippen molar-refractivity contribution in [1.82, 2.24) is 0 Å². The van der Waals surface area contributed by atoms with Crippen LogP contribution < -0.4 is 10.6 Å². The standard InChI is InChI=1S/C19H13F2N3O2S/c20-12-3-1-11(2-4-12)9-16-18(26)24(14-7-5-13(21)6-8-14)19(27-16)15(10-22)17(23)25/h1-8,16H,9H2,(H2,23,25)/b19-15+/t16-/m1/s1. The minimum absolute atomic E-state index is 0.105. The molecule has 1 fully saturated rings. The molecule has 136 valence electrons. The lowest BCUT2D eigenvalue weighted by molar-refractivity contribution is -0.117. The van der Waals surface area contributed by atoms with Crippen LogP contribution in [0.2, 0.25) is 0 Å². The summed E-state index contributed by atoms with van der Waals surface area (Å²) in [5, 5.41) is 8.76. The Balaban J connectivity index is 2.01. The Morgan fingerprint density at radius 2 is 1.67 bits per heavy atom. The maximum absolute atomic E-state index is 13.2. The highest BCUT2D eigenvalue weighted by molar-refractivity contribution is 8.05. The van der Waals surface area contributed by atoms with Crippen LogP contribution in [-0.4, -0.2) is 17.1 Å². The van der Waals surface area contributed by atoms with Crippen molar-refractivity contribution in [2.75, 3.05) is 4.90 Å². The second-order valence-electron chi connectivity index (χ2n) is 5.74. The molecule has 0 spiro atoms. The van der Waals surface area contributed by atoms with Crippen molar-refractivity contribution in [3.8, 4) is 6.07 Å². The fraction of sp³-hybridized carbons (Fsp3) is 0.105.